The molecule has 2 heterocycles. The van der Waals surface area contributed by atoms with Gasteiger partial charge in [0.05, 0.1) is 58.5 Å². The number of aliphatic hydroxyl groups excluding tert-OH is 4. The molecule has 9 atom stereocenters. The molecule has 0 saturated carbocycles. The number of carboxylic acid groups (broad SMARTS) is 1. The Hall–Kier alpha value is -2.60. The maximum Gasteiger partial charge on any atom is 0.335 e. The molecule has 0 bridgehead atoms. The second-order valence-corrected chi connectivity index (χ2v) is 15.8. The van der Waals surface area contributed by atoms with Gasteiger partial charge in [-0.15, -0.1) is 0 Å². The van der Waals surface area contributed by atoms with Crippen LogP contribution in [-0.2, 0) is 57.1 Å². The monoisotopic (exact) mass is 910 g/mol. The number of amides is 3. The van der Waals surface area contributed by atoms with Crippen LogP contribution in [0, 0.1) is 0 Å². The van der Waals surface area contributed by atoms with E-state index >= 15 is 0 Å². The third-order valence-corrected chi connectivity index (χ3v) is 10.5. The van der Waals surface area contributed by atoms with E-state index in [1.807, 2.05) is 0 Å². The Morgan fingerprint density at radius 2 is 1.10 bits per heavy atom. The summed E-state index contributed by atoms with van der Waals surface area (Å²) in [5.74, 6) is -1.53. The standard InChI is InChI=1S/C43H79N3O17/c1-3-5-21-56-23-16-34(49)44-18-12-8-6-7-11-15-33(48)46-20-25-58-27-29-59-28-26-57-24-17-35(50)45-19-13-9-10-14-22-60-43-39(53)38(52)40(41(63-43)42(54)55)62-36-30-31(47)37(51)32(4-2)61-36/h31-32,36-41,43,47,51-53H,3-30H2,1-2H3,(H,44,49)(H,45,50)(H,46,48)(H,54,55). The molecule has 63 heavy (non-hydrogen) atoms. The number of carbonyl (C=O) groups is 4. The van der Waals surface area contributed by atoms with Crippen LogP contribution in [-0.4, -0.2) is 184 Å². The zero-order valence-corrected chi connectivity index (χ0v) is 37.6. The molecule has 8 N–H and O–H groups in total. The molecule has 2 rings (SSSR count). The highest BCUT2D eigenvalue weighted by atomic mass is 16.7. The number of nitrogens with one attached hydrogen (secondary N) is 3. The van der Waals surface area contributed by atoms with Gasteiger partial charge in [-0.2, -0.15) is 0 Å². The first-order valence-electron chi connectivity index (χ1n) is 23.1. The molecule has 2 aliphatic heterocycles. The number of carbonyl (C=O) groups excluding carboxylic acids is 3. The zero-order valence-electron chi connectivity index (χ0n) is 37.6. The van der Waals surface area contributed by atoms with Crippen molar-refractivity contribution in [1.82, 2.24) is 16.0 Å². The van der Waals surface area contributed by atoms with Crippen molar-refractivity contribution >= 4 is 23.7 Å². The lowest BCUT2D eigenvalue weighted by molar-refractivity contribution is -0.335. The second kappa shape index (κ2) is 35.6. The zero-order chi connectivity index (χ0) is 46.1. The molecule has 3 amide bonds. The number of unbranched alkanes of at least 4 members (excludes halogenated alkanes) is 8. The minimum Gasteiger partial charge on any atom is -0.479 e. The molecule has 2 aliphatic rings. The van der Waals surface area contributed by atoms with Crippen LogP contribution in [0.2, 0.25) is 0 Å². The van der Waals surface area contributed by atoms with Crippen molar-refractivity contribution in [3.8, 4) is 0 Å². The molecule has 0 aliphatic carbocycles. The molecule has 368 valence electrons. The fraction of sp³-hybridized carbons (Fsp3) is 0.907. The first-order valence-corrected chi connectivity index (χ1v) is 23.1. The van der Waals surface area contributed by atoms with Gasteiger partial charge in [0.25, 0.3) is 0 Å². The van der Waals surface area contributed by atoms with E-state index in [9.17, 15) is 44.7 Å². The number of ether oxygens (including phenoxy) is 8. The molecule has 20 nitrogen and oxygen atoms in total. The molecular formula is C43H79N3O17. The van der Waals surface area contributed by atoms with Crippen LogP contribution < -0.4 is 16.0 Å². The van der Waals surface area contributed by atoms with Gasteiger partial charge in [0.2, 0.25) is 17.7 Å². The molecule has 0 aromatic heterocycles. The van der Waals surface area contributed by atoms with Crippen LogP contribution in [0.4, 0.5) is 0 Å². The van der Waals surface area contributed by atoms with E-state index < -0.39 is 61.3 Å². The van der Waals surface area contributed by atoms with Gasteiger partial charge in [0.15, 0.2) is 18.7 Å². The molecule has 0 aromatic rings. The van der Waals surface area contributed by atoms with Crippen LogP contribution in [0.25, 0.3) is 0 Å². The third-order valence-electron chi connectivity index (χ3n) is 10.5. The van der Waals surface area contributed by atoms with Gasteiger partial charge in [-0.25, -0.2) is 4.79 Å². The Morgan fingerprint density at radius 1 is 0.556 bits per heavy atom. The van der Waals surface area contributed by atoms with Gasteiger partial charge in [-0.3, -0.25) is 14.4 Å². The summed E-state index contributed by atoms with van der Waals surface area (Å²) in [6.45, 7) is 8.90. The predicted octanol–water partition coefficient (Wildman–Crippen LogP) is 1.06. The number of hydrogen-bond acceptors (Lipinski definition) is 16. The van der Waals surface area contributed by atoms with Crippen LogP contribution in [0.5, 0.6) is 0 Å². The average molecular weight is 910 g/mol. The first kappa shape index (κ1) is 56.5. The van der Waals surface area contributed by atoms with E-state index in [2.05, 4.69) is 22.9 Å². The fourth-order valence-electron chi connectivity index (χ4n) is 6.77. The van der Waals surface area contributed by atoms with E-state index in [-0.39, 0.29) is 43.8 Å². The highest BCUT2D eigenvalue weighted by Gasteiger charge is 2.51. The van der Waals surface area contributed by atoms with Crippen LogP contribution >= 0.6 is 0 Å². The van der Waals surface area contributed by atoms with Gasteiger partial charge in [-0.05, 0) is 38.5 Å². The third kappa shape index (κ3) is 25.6. The average Bonchev–Trinajstić information content (AvgIpc) is 3.26. The summed E-state index contributed by atoms with van der Waals surface area (Å²) in [6.07, 6.45) is -1.10. The summed E-state index contributed by atoms with van der Waals surface area (Å²) in [4.78, 5) is 47.9. The Morgan fingerprint density at radius 3 is 1.71 bits per heavy atom. The van der Waals surface area contributed by atoms with Crippen LogP contribution in [0.15, 0.2) is 0 Å². The van der Waals surface area contributed by atoms with Crippen molar-refractivity contribution < 1.29 is 82.6 Å². The van der Waals surface area contributed by atoms with E-state index in [0.717, 1.165) is 64.2 Å². The summed E-state index contributed by atoms with van der Waals surface area (Å²) in [6, 6.07) is 0. The SMILES string of the molecule is CCCCOCCC(=O)NCCCCCCCC(=O)NCCOCCOCCOCCC(=O)NCCCCCCOC1OC(C(=O)O)C(OC2CC(O)C(O)C(CC)O2)C(O)C1O. The molecule has 2 saturated heterocycles. The number of carboxylic acids is 1. The fourth-order valence-corrected chi connectivity index (χ4v) is 6.77. The number of rotatable bonds is 38. The summed E-state index contributed by atoms with van der Waals surface area (Å²) in [7, 11) is 0. The van der Waals surface area contributed by atoms with Crippen molar-refractivity contribution in [1.29, 1.82) is 0 Å². The Kier molecular flexibility index (Phi) is 32.0. The lowest BCUT2D eigenvalue weighted by atomic mass is 9.97. The lowest BCUT2D eigenvalue weighted by Crippen LogP contribution is -2.62. The highest BCUT2D eigenvalue weighted by molar-refractivity contribution is 5.76. The predicted molar refractivity (Wildman–Crippen MR) is 227 cm³/mol. The van der Waals surface area contributed by atoms with Gasteiger partial charge in [0.1, 0.15) is 24.4 Å². The minimum absolute atomic E-state index is 0.00993. The van der Waals surface area contributed by atoms with Crippen molar-refractivity contribution in [2.45, 2.75) is 172 Å². The topological polar surface area (TPSA) is 279 Å². The molecule has 9 unspecified atom stereocenters. The maximum atomic E-state index is 12.1. The quantitative estimate of drug-likeness (QED) is 0.0402. The Labute approximate surface area is 372 Å². The van der Waals surface area contributed by atoms with E-state index in [4.69, 9.17) is 37.9 Å². The van der Waals surface area contributed by atoms with Crippen LogP contribution in [0.1, 0.15) is 117 Å². The summed E-state index contributed by atoms with van der Waals surface area (Å²) in [5.41, 5.74) is 0. The van der Waals surface area contributed by atoms with E-state index in [1.165, 1.54) is 0 Å². The molecule has 0 radical (unpaired) electrons. The van der Waals surface area contributed by atoms with Crippen molar-refractivity contribution in [2.75, 3.05) is 79.1 Å². The summed E-state index contributed by atoms with van der Waals surface area (Å²) in [5, 5.41) is 59.9. The minimum atomic E-state index is -1.69. The van der Waals surface area contributed by atoms with Gasteiger partial charge in [0, 0.05) is 58.5 Å². The summed E-state index contributed by atoms with van der Waals surface area (Å²) >= 11 is 0. The van der Waals surface area contributed by atoms with Gasteiger partial charge in [-0.1, -0.05) is 52.4 Å². The maximum absolute atomic E-state index is 12.1. The van der Waals surface area contributed by atoms with Gasteiger partial charge >= 0.3 is 5.97 Å². The Balaban J connectivity index is 1.35. The first-order chi connectivity index (χ1) is 30.5. The Bertz CT molecular complexity index is 1220. The van der Waals surface area contributed by atoms with Gasteiger partial charge < -0.3 is 79.4 Å². The number of aliphatic hydroxyl groups is 4. The highest BCUT2D eigenvalue weighted by Crippen LogP contribution is 2.30. The van der Waals surface area contributed by atoms with Crippen molar-refractivity contribution in [3.05, 3.63) is 0 Å². The molecule has 20 heteroatoms. The van der Waals surface area contributed by atoms with E-state index in [1.54, 1.807) is 6.92 Å². The molecular weight excluding hydrogens is 830 g/mol. The smallest absolute Gasteiger partial charge is 0.335 e. The van der Waals surface area contributed by atoms with Crippen molar-refractivity contribution in [3.63, 3.8) is 0 Å². The summed E-state index contributed by atoms with van der Waals surface area (Å²) < 4.78 is 44.1. The largest absolute Gasteiger partial charge is 0.479 e. The normalized spacial score (nSPS) is 24.8. The molecule has 2 fully saturated rings. The van der Waals surface area contributed by atoms with Crippen molar-refractivity contribution in [2.24, 2.45) is 0 Å². The molecule has 0 aromatic carbocycles. The lowest BCUT2D eigenvalue weighted by Gasteiger charge is -2.44. The molecule has 0 spiro atoms. The number of aliphatic carboxylic acids is 1. The van der Waals surface area contributed by atoms with Crippen LogP contribution in [0.3, 0.4) is 0 Å². The second-order valence-electron chi connectivity index (χ2n) is 15.8. The van der Waals surface area contributed by atoms with E-state index in [0.29, 0.717) is 91.6 Å². The number of hydrogen-bond donors (Lipinski definition) is 8.